The summed E-state index contributed by atoms with van der Waals surface area (Å²) in [6.07, 6.45) is 10.8. The molecule has 1 aromatic carbocycles. The first-order valence-corrected chi connectivity index (χ1v) is 6.82. The van der Waals surface area contributed by atoms with Gasteiger partial charge in [0, 0.05) is 5.88 Å². The fourth-order valence-electron chi connectivity index (χ4n) is 1.93. The Bertz CT molecular complexity index is 482. The first-order valence-electron chi connectivity index (χ1n) is 6.29. The first-order chi connectivity index (χ1) is 9.29. The van der Waals surface area contributed by atoms with Gasteiger partial charge in [-0.1, -0.05) is 67.3 Å². The van der Waals surface area contributed by atoms with Crippen LogP contribution in [-0.4, -0.2) is 5.88 Å². The number of alkyl halides is 1. The predicted octanol–water partition coefficient (Wildman–Crippen LogP) is 4.77. The van der Waals surface area contributed by atoms with E-state index in [0.29, 0.717) is 5.88 Å². The molecular weight excluding hydrogens is 254 g/mol. The van der Waals surface area contributed by atoms with E-state index in [1.807, 2.05) is 54.6 Å². The summed E-state index contributed by atoms with van der Waals surface area (Å²) in [6.45, 7) is 3.62. The number of nitriles is 1. The minimum absolute atomic E-state index is 0.562. The fourth-order valence-corrected chi connectivity index (χ4v) is 2.06. The number of hydrogen-bond donors (Lipinski definition) is 0. The van der Waals surface area contributed by atoms with Gasteiger partial charge < -0.3 is 0 Å². The second-order valence-electron chi connectivity index (χ2n) is 4.22. The van der Waals surface area contributed by atoms with Gasteiger partial charge in [-0.15, -0.1) is 11.6 Å². The van der Waals surface area contributed by atoms with Crippen molar-refractivity contribution in [3.05, 3.63) is 72.9 Å². The molecule has 1 rings (SSSR count). The zero-order valence-electron chi connectivity index (χ0n) is 10.9. The third-order valence-electron chi connectivity index (χ3n) is 2.93. The van der Waals surface area contributed by atoms with Crippen molar-refractivity contribution in [3.8, 4) is 6.07 Å². The van der Waals surface area contributed by atoms with E-state index < -0.39 is 5.41 Å². The molecule has 19 heavy (non-hydrogen) atoms. The minimum atomic E-state index is -0.609. The summed E-state index contributed by atoms with van der Waals surface area (Å²) in [5, 5.41) is 9.62. The molecule has 98 valence electrons. The molecule has 0 aliphatic heterocycles. The van der Waals surface area contributed by atoms with Crippen LogP contribution in [0, 0.1) is 11.3 Å². The highest BCUT2D eigenvalue weighted by atomic mass is 35.5. The molecule has 0 fully saturated rings. The fraction of sp³-hybridized carbons (Fsp3) is 0.235. The molecule has 0 amide bonds. The van der Waals surface area contributed by atoms with Crippen LogP contribution >= 0.6 is 11.6 Å². The van der Waals surface area contributed by atoms with E-state index in [1.54, 1.807) is 6.08 Å². The van der Waals surface area contributed by atoms with Gasteiger partial charge in [-0.05, 0) is 18.4 Å². The third kappa shape index (κ3) is 4.43. The molecule has 0 bridgehead atoms. The molecule has 0 aromatic heterocycles. The first kappa shape index (κ1) is 15.3. The molecule has 0 spiro atoms. The lowest BCUT2D eigenvalue weighted by molar-refractivity contribution is 0.604. The summed E-state index contributed by atoms with van der Waals surface area (Å²) in [5.74, 6) is 0.562. The van der Waals surface area contributed by atoms with Crippen molar-refractivity contribution in [1.82, 2.24) is 0 Å². The average molecular weight is 272 g/mol. The van der Waals surface area contributed by atoms with Crippen molar-refractivity contribution >= 4 is 11.6 Å². The Morgan fingerprint density at radius 2 is 1.95 bits per heavy atom. The lowest BCUT2D eigenvalue weighted by Gasteiger charge is -2.23. The van der Waals surface area contributed by atoms with Crippen LogP contribution in [0.1, 0.15) is 18.4 Å². The lowest BCUT2D eigenvalue weighted by atomic mass is 9.78. The van der Waals surface area contributed by atoms with E-state index in [0.717, 1.165) is 18.4 Å². The lowest BCUT2D eigenvalue weighted by Crippen LogP contribution is -2.21. The molecule has 2 heteroatoms. The number of hydrogen-bond acceptors (Lipinski definition) is 1. The Hall–Kier alpha value is -1.78. The van der Waals surface area contributed by atoms with Crippen LogP contribution in [0.25, 0.3) is 0 Å². The van der Waals surface area contributed by atoms with Crippen LogP contribution in [0.3, 0.4) is 0 Å². The summed E-state index contributed by atoms with van der Waals surface area (Å²) >= 11 is 5.78. The summed E-state index contributed by atoms with van der Waals surface area (Å²) in [5.41, 5.74) is 0.396. The monoisotopic (exact) mass is 271 g/mol. The van der Waals surface area contributed by atoms with Crippen molar-refractivity contribution in [2.45, 2.75) is 18.3 Å². The van der Waals surface area contributed by atoms with Gasteiger partial charge in [0.05, 0.1) is 6.07 Å². The van der Waals surface area contributed by atoms with E-state index in [9.17, 15) is 5.26 Å². The Balaban J connectivity index is 3.08. The molecule has 1 aromatic rings. The van der Waals surface area contributed by atoms with E-state index in [4.69, 9.17) is 11.6 Å². The topological polar surface area (TPSA) is 23.8 Å². The Morgan fingerprint density at radius 3 is 2.53 bits per heavy atom. The highest BCUT2D eigenvalue weighted by Gasteiger charge is 2.28. The van der Waals surface area contributed by atoms with Gasteiger partial charge in [0.25, 0.3) is 0 Å². The summed E-state index contributed by atoms with van der Waals surface area (Å²) in [4.78, 5) is 0. The second-order valence-corrected chi connectivity index (χ2v) is 4.60. The van der Waals surface area contributed by atoms with Crippen LogP contribution in [-0.2, 0) is 5.41 Å². The van der Waals surface area contributed by atoms with E-state index in [-0.39, 0.29) is 0 Å². The van der Waals surface area contributed by atoms with Crippen molar-refractivity contribution in [2.75, 3.05) is 5.88 Å². The van der Waals surface area contributed by atoms with Crippen molar-refractivity contribution in [3.63, 3.8) is 0 Å². The van der Waals surface area contributed by atoms with Crippen LogP contribution in [0.5, 0.6) is 0 Å². The third-order valence-corrected chi connectivity index (χ3v) is 3.20. The largest absolute Gasteiger partial charge is 0.197 e. The molecule has 0 N–H and O–H groups in total. The second kappa shape index (κ2) is 8.34. The van der Waals surface area contributed by atoms with Gasteiger partial charge in [-0.2, -0.15) is 5.26 Å². The highest BCUT2D eigenvalue weighted by molar-refractivity contribution is 6.17. The van der Waals surface area contributed by atoms with Gasteiger partial charge in [0.15, 0.2) is 0 Å². The number of rotatable bonds is 7. The van der Waals surface area contributed by atoms with Gasteiger partial charge in [0.1, 0.15) is 5.41 Å². The molecule has 0 aliphatic rings. The minimum Gasteiger partial charge on any atom is -0.197 e. The van der Waals surface area contributed by atoms with E-state index in [1.165, 1.54) is 0 Å². The summed E-state index contributed by atoms with van der Waals surface area (Å²) in [7, 11) is 0. The number of benzene rings is 1. The zero-order chi connectivity index (χ0) is 14.0. The molecule has 0 radical (unpaired) electrons. The normalized spacial score (nSPS) is 14.3. The van der Waals surface area contributed by atoms with Crippen LogP contribution in [0.2, 0.25) is 0 Å². The van der Waals surface area contributed by atoms with Crippen molar-refractivity contribution in [2.24, 2.45) is 0 Å². The van der Waals surface area contributed by atoms with Crippen LogP contribution in [0.15, 0.2) is 67.3 Å². The summed E-state index contributed by atoms with van der Waals surface area (Å²) in [6, 6.07) is 12.3. The Labute approximate surface area is 120 Å². The molecule has 1 unspecified atom stereocenters. The number of halogens is 1. The van der Waals surface area contributed by atoms with Crippen LogP contribution < -0.4 is 0 Å². The molecule has 0 saturated heterocycles. The maximum atomic E-state index is 9.62. The van der Waals surface area contributed by atoms with E-state index >= 15 is 0 Å². The Morgan fingerprint density at radius 1 is 1.21 bits per heavy atom. The molecular formula is C17H18ClN. The highest BCUT2D eigenvalue weighted by Crippen LogP contribution is 2.30. The van der Waals surface area contributed by atoms with Crippen molar-refractivity contribution in [1.29, 1.82) is 5.26 Å². The molecule has 1 atom stereocenters. The summed E-state index contributed by atoms with van der Waals surface area (Å²) < 4.78 is 0. The predicted molar refractivity (Wildman–Crippen MR) is 82.2 cm³/mol. The number of nitrogens with zero attached hydrogens (tertiary/aromatic N) is 1. The van der Waals surface area contributed by atoms with E-state index in [2.05, 4.69) is 12.6 Å². The maximum absolute atomic E-state index is 9.62. The maximum Gasteiger partial charge on any atom is 0.101 e. The molecule has 0 heterocycles. The molecule has 1 nitrogen and oxygen atoms in total. The quantitative estimate of drug-likeness (QED) is 0.518. The zero-order valence-corrected chi connectivity index (χ0v) is 11.7. The van der Waals surface area contributed by atoms with Crippen molar-refractivity contribution < 1.29 is 0 Å². The van der Waals surface area contributed by atoms with Gasteiger partial charge in [-0.25, -0.2) is 0 Å². The van der Waals surface area contributed by atoms with Gasteiger partial charge >= 0.3 is 0 Å². The standard InChI is InChI=1S/C17H18ClN/c1-2-3-4-8-12-17(15-19,13-9-14-18)16-10-6-5-7-11-16/h2-8,10-12H,1,9,13-14H2/b4-3-,12-8+. The Kier molecular flexibility index (Phi) is 6.71. The number of allylic oxidation sites excluding steroid dienone is 5. The smallest absolute Gasteiger partial charge is 0.101 e. The van der Waals surface area contributed by atoms with Gasteiger partial charge in [-0.3, -0.25) is 0 Å². The van der Waals surface area contributed by atoms with Gasteiger partial charge in [0.2, 0.25) is 0 Å². The molecule has 0 saturated carbocycles. The molecule has 0 aliphatic carbocycles. The average Bonchev–Trinajstić information content (AvgIpc) is 2.48. The SMILES string of the molecule is C=C/C=C\C=C\C(C#N)(CCCCl)c1ccccc1. The van der Waals surface area contributed by atoms with Crippen LogP contribution in [0.4, 0.5) is 0 Å².